The summed E-state index contributed by atoms with van der Waals surface area (Å²) in [5.74, 6) is -0.517. The maximum absolute atomic E-state index is 12.6. The van der Waals surface area contributed by atoms with Crippen LogP contribution >= 0.6 is 0 Å². The predicted molar refractivity (Wildman–Crippen MR) is 86.5 cm³/mol. The molecular weight excluding hydrogens is 364 g/mol. The molecule has 0 aromatic heterocycles. The molecule has 0 bridgehead atoms. The van der Waals surface area contributed by atoms with E-state index in [0.29, 0.717) is 0 Å². The van der Waals surface area contributed by atoms with Crippen LogP contribution in [0.25, 0.3) is 0 Å². The monoisotopic (exact) mass is 382 g/mol. The van der Waals surface area contributed by atoms with E-state index in [4.69, 9.17) is 19.5 Å². The first-order valence-corrected chi connectivity index (χ1v) is 9.37. The van der Waals surface area contributed by atoms with E-state index >= 15 is 0 Å². The number of rotatable bonds is 6. The number of nitrogens with one attached hydrogen (secondary N) is 1. The van der Waals surface area contributed by atoms with Gasteiger partial charge in [-0.2, -0.15) is 5.26 Å². The van der Waals surface area contributed by atoms with Crippen molar-refractivity contribution in [1.82, 2.24) is 4.72 Å². The number of hydrogen-bond donors (Lipinski definition) is 1. The number of ether oxygens (including phenoxy) is 4. The molecule has 1 aromatic carbocycles. The summed E-state index contributed by atoms with van der Waals surface area (Å²) in [4.78, 5) is 11.1. The van der Waals surface area contributed by atoms with Crippen LogP contribution in [0.4, 0.5) is 0 Å². The van der Waals surface area contributed by atoms with Crippen LogP contribution in [0.2, 0.25) is 0 Å². The molecule has 3 rings (SSSR count). The molecule has 10 heteroatoms. The lowest BCUT2D eigenvalue weighted by Gasteiger charge is -2.18. The molecule has 0 spiro atoms. The van der Waals surface area contributed by atoms with Crippen LogP contribution in [-0.2, 0) is 33.8 Å². The number of carbonyl (C=O) groups is 1. The lowest BCUT2D eigenvalue weighted by Crippen LogP contribution is -2.44. The van der Waals surface area contributed by atoms with Gasteiger partial charge in [0.2, 0.25) is 10.0 Å². The molecule has 1 aromatic rings. The van der Waals surface area contributed by atoms with E-state index in [1.807, 2.05) is 6.07 Å². The summed E-state index contributed by atoms with van der Waals surface area (Å²) in [7, 11) is -2.66. The summed E-state index contributed by atoms with van der Waals surface area (Å²) in [6, 6.07) is 7.19. The highest BCUT2D eigenvalue weighted by Gasteiger charge is 2.49. The molecule has 2 aliphatic heterocycles. The van der Waals surface area contributed by atoms with E-state index in [9.17, 15) is 13.2 Å². The summed E-state index contributed by atoms with van der Waals surface area (Å²) in [5.41, 5.74) is 0.0575. The Morgan fingerprint density at radius 2 is 2.04 bits per heavy atom. The fourth-order valence-electron chi connectivity index (χ4n) is 3.00. The van der Waals surface area contributed by atoms with Crippen LogP contribution in [0.5, 0.6) is 0 Å². The van der Waals surface area contributed by atoms with Crippen LogP contribution in [0.1, 0.15) is 5.56 Å². The first kappa shape index (κ1) is 18.8. The van der Waals surface area contributed by atoms with Gasteiger partial charge in [-0.25, -0.2) is 17.9 Å². The molecular formula is C16H18N2O7S. The van der Waals surface area contributed by atoms with E-state index in [0.717, 1.165) is 0 Å². The Labute approximate surface area is 150 Å². The predicted octanol–water partition coefficient (Wildman–Crippen LogP) is -0.439. The van der Waals surface area contributed by atoms with Crippen molar-refractivity contribution < 1.29 is 32.2 Å². The summed E-state index contributed by atoms with van der Waals surface area (Å²) < 4.78 is 49.0. The molecule has 4 atom stereocenters. The standard InChI is InChI=1S/C16H18N2O7S/c1-22-14(19)9-23-12-8-25-15-11(7-24-16(12)15)18-26(20,21)13-5-3-2-4-10(13)6-17/h2-5,11-12,15-16,18H,7-9H2,1H3/t11-,12+,15+,16+/m0/s1. The van der Waals surface area contributed by atoms with Crippen LogP contribution in [0, 0.1) is 11.3 Å². The highest BCUT2D eigenvalue weighted by atomic mass is 32.2. The maximum Gasteiger partial charge on any atom is 0.331 e. The highest BCUT2D eigenvalue weighted by Crippen LogP contribution is 2.30. The molecule has 0 aliphatic carbocycles. The quantitative estimate of drug-likeness (QED) is 0.657. The molecule has 0 amide bonds. The van der Waals surface area contributed by atoms with Crippen LogP contribution in [-0.4, -0.2) is 65.7 Å². The minimum atomic E-state index is -3.92. The zero-order chi connectivity index (χ0) is 18.7. The third kappa shape index (κ3) is 3.72. The Balaban J connectivity index is 1.67. The van der Waals surface area contributed by atoms with E-state index in [1.54, 1.807) is 12.1 Å². The van der Waals surface area contributed by atoms with Crippen molar-refractivity contribution in [2.45, 2.75) is 29.2 Å². The molecule has 2 aliphatic rings. The van der Waals surface area contributed by atoms with Gasteiger partial charge in [0.15, 0.2) is 0 Å². The molecule has 26 heavy (non-hydrogen) atoms. The van der Waals surface area contributed by atoms with Crippen molar-refractivity contribution in [2.24, 2.45) is 0 Å². The lowest BCUT2D eigenvalue weighted by atomic mass is 10.1. The van der Waals surface area contributed by atoms with Crippen molar-refractivity contribution in [3.05, 3.63) is 29.8 Å². The van der Waals surface area contributed by atoms with Gasteiger partial charge >= 0.3 is 5.97 Å². The lowest BCUT2D eigenvalue weighted by molar-refractivity contribution is -0.150. The van der Waals surface area contributed by atoms with Crippen LogP contribution in [0.15, 0.2) is 29.2 Å². The number of sulfonamides is 1. The van der Waals surface area contributed by atoms with E-state index in [1.165, 1.54) is 19.2 Å². The van der Waals surface area contributed by atoms with Crippen LogP contribution in [0.3, 0.4) is 0 Å². The van der Waals surface area contributed by atoms with Crippen molar-refractivity contribution in [3.8, 4) is 6.07 Å². The number of benzene rings is 1. The Kier molecular flexibility index (Phi) is 5.55. The topological polar surface area (TPSA) is 124 Å². The SMILES string of the molecule is COC(=O)CO[C@@H]1CO[C@H]2[C@@H]1OC[C@@H]2NS(=O)(=O)c1ccccc1C#N. The molecule has 0 radical (unpaired) electrons. The smallest absolute Gasteiger partial charge is 0.331 e. The van der Waals surface area contributed by atoms with Crippen molar-refractivity contribution in [2.75, 3.05) is 26.9 Å². The minimum absolute atomic E-state index is 0.0575. The normalized spacial score (nSPS) is 27.7. The van der Waals surface area contributed by atoms with Gasteiger partial charge in [0.1, 0.15) is 31.0 Å². The summed E-state index contributed by atoms with van der Waals surface area (Å²) in [6.45, 7) is 0.0454. The Hall–Kier alpha value is -2.03. The fraction of sp³-hybridized carbons (Fsp3) is 0.500. The highest BCUT2D eigenvalue weighted by molar-refractivity contribution is 7.89. The molecule has 2 heterocycles. The third-order valence-electron chi connectivity index (χ3n) is 4.25. The van der Waals surface area contributed by atoms with Crippen molar-refractivity contribution in [3.63, 3.8) is 0 Å². The maximum atomic E-state index is 12.6. The average molecular weight is 382 g/mol. The van der Waals surface area contributed by atoms with Gasteiger partial charge in [-0.15, -0.1) is 0 Å². The zero-order valence-electron chi connectivity index (χ0n) is 14.0. The molecule has 9 nitrogen and oxygen atoms in total. The number of methoxy groups -OCH3 is 1. The number of hydrogen-bond acceptors (Lipinski definition) is 8. The average Bonchev–Trinajstić information content (AvgIpc) is 3.22. The van der Waals surface area contributed by atoms with Gasteiger partial charge in [0.25, 0.3) is 0 Å². The van der Waals surface area contributed by atoms with Gasteiger partial charge in [0, 0.05) is 0 Å². The molecule has 140 valence electrons. The van der Waals surface area contributed by atoms with Crippen molar-refractivity contribution in [1.29, 1.82) is 5.26 Å². The molecule has 0 unspecified atom stereocenters. The molecule has 2 saturated heterocycles. The van der Waals surface area contributed by atoms with Gasteiger partial charge < -0.3 is 18.9 Å². The summed E-state index contributed by atoms with van der Waals surface area (Å²) in [5, 5.41) is 9.11. The number of esters is 1. The number of nitriles is 1. The largest absolute Gasteiger partial charge is 0.467 e. The van der Waals surface area contributed by atoms with E-state index < -0.39 is 40.3 Å². The van der Waals surface area contributed by atoms with Gasteiger partial charge in [-0.1, -0.05) is 12.1 Å². The first-order valence-electron chi connectivity index (χ1n) is 7.89. The van der Waals surface area contributed by atoms with Gasteiger partial charge in [-0.05, 0) is 12.1 Å². The number of carbonyl (C=O) groups excluding carboxylic acids is 1. The van der Waals surface area contributed by atoms with E-state index in [2.05, 4.69) is 9.46 Å². The second-order valence-corrected chi connectivity index (χ2v) is 7.54. The van der Waals surface area contributed by atoms with Crippen molar-refractivity contribution >= 4 is 16.0 Å². The number of nitrogens with zero attached hydrogens (tertiary/aromatic N) is 1. The second kappa shape index (κ2) is 7.69. The zero-order valence-corrected chi connectivity index (χ0v) is 14.8. The van der Waals surface area contributed by atoms with E-state index in [-0.39, 0.29) is 30.3 Å². The Morgan fingerprint density at radius 3 is 2.77 bits per heavy atom. The minimum Gasteiger partial charge on any atom is -0.467 e. The molecule has 2 fully saturated rings. The third-order valence-corrected chi connectivity index (χ3v) is 5.80. The summed E-state index contributed by atoms with van der Waals surface area (Å²) in [6.07, 6.45) is -1.51. The van der Waals surface area contributed by atoms with Gasteiger partial charge in [-0.3, -0.25) is 0 Å². The molecule has 1 N–H and O–H groups in total. The summed E-state index contributed by atoms with van der Waals surface area (Å²) >= 11 is 0. The fourth-order valence-corrected chi connectivity index (χ4v) is 4.39. The second-order valence-electron chi connectivity index (χ2n) is 5.86. The Morgan fingerprint density at radius 1 is 1.31 bits per heavy atom. The Bertz CT molecular complexity index is 820. The first-order chi connectivity index (χ1) is 12.5. The number of fused-ring (bicyclic) bond motifs is 1. The van der Waals surface area contributed by atoms with Crippen LogP contribution < -0.4 is 4.72 Å². The van der Waals surface area contributed by atoms with Gasteiger partial charge in [0.05, 0.1) is 36.8 Å². The molecule has 0 saturated carbocycles.